The number of ketones is 1. The van der Waals surface area contributed by atoms with Gasteiger partial charge in [0, 0.05) is 24.1 Å². The molecule has 0 amide bonds. The minimum absolute atomic E-state index is 0.000851. The van der Waals surface area contributed by atoms with Gasteiger partial charge in [-0.25, -0.2) is 4.98 Å². The van der Waals surface area contributed by atoms with Crippen molar-refractivity contribution >= 4 is 11.6 Å². The molecule has 3 rings (SSSR count). The second-order valence-corrected chi connectivity index (χ2v) is 7.47. The van der Waals surface area contributed by atoms with Crippen LogP contribution in [0.25, 0.3) is 11.4 Å². The number of carbonyl (C=O) groups excluding carboxylic acids is 1. The van der Waals surface area contributed by atoms with Crippen LogP contribution in [0.2, 0.25) is 0 Å². The average molecular weight is 356 g/mol. The highest BCUT2D eigenvalue weighted by molar-refractivity contribution is 5.76. The highest BCUT2D eigenvalue weighted by Gasteiger charge is 2.22. The molecule has 1 saturated carbocycles. The minimum Gasteiger partial charge on any atom is -0.384 e. The molecule has 1 aliphatic carbocycles. The van der Waals surface area contributed by atoms with Gasteiger partial charge in [0.15, 0.2) is 0 Å². The first-order chi connectivity index (χ1) is 12.6. The number of carbonyl (C=O) groups is 1. The molecule has 6 nitrogen and oxygen atoms in total. The molecule has 2 heterocycles. The Kier molecular flexibility index (Phi) is 6.36. The van der Waals surface area contributed by atoms with Crippen molar-refractivity contribution in [2.75, 3.05) is 5.73 Å². The van der Waals surface area contributed by atoms with Crippen LogP contribution >= 0.6 is 0 Å². The van der Waals surface area contributed by atoms with E-state index in [0.29, 0.717) is 24.0 Å². The van der Waals surface area contributed by atoms with Crippen molar-refractivity contribution in [2.24, 2.45) is 5.92 Å². The van der Waals surface area contributed by atoms with Gasteiger partial charge in [-0.3, -0.25) is 0 Å². The van der Waals surface area contributed by atoms with Crippen molar-refractivity contribution in [1.82, 2.24) is 15.1 Å². The maximum atomic E-state index is 11.7. The summed E-state index contributed by atoms with van der Waals surface area (Å²) < 4.78 is 5.48. The molecular formula is C20H28N4O2. The number of pyridine rings is 1. The Labute approximate surface area is 154 Å². The number of Topliss-reactive ketones (excluding diaryl/α,β-unsaturated/α-hetero) is 1. The largest absolute Gasteiger partial charge is 0.384 e. The van der Waals surface area contributed by atoms with E-state index in [4.69, 9.17) is 10.3 Å². The third-order valence-electron chi connectivity index (χ3n) is 5.26. The lowest BCUT2D eigenvalue weighted by molar-refractivity contribution is -0.117. The molecule has 6 heteroatoms. The number of hydrogen-bond donors (Lipinski definition) is 1. The fourth-order valence-corrected chi connectivity index (χ4v) is 3.84. The van der Waals surface area contributed by atoms with E-state index >= 15 is 0 Å². The Balaban J connectivity index is 1.63. The normalized spacial score (nSPS) is 16.5. The summed E-state index contributed by atoms with van der Waals surface area (Å²) in [4.78, 5) is 20.3. The van der Waals surface area contributed by atoms with Gasteiger partial charge < -0.3 is 15.1 Å². The SMILES string of the molecule is CC(=O)C[C@@H](CCCC1CCCCC1)c1nc(-c2ccc(N)nc2)no1. The van der Waals surface area contributed by atoms with Gasteiger partial charge in [-0.05, 0) is 31.4 Å². The molecular weight excluding hydrogens is 328 g/mol. The third kappa shape index (κ3) is 5.13. The molecule has 2 N–H and O–H groups in total. The first kappa shape index (κ1) is 18.5. The Morgan fingerprint density at radius 2 is 2.12 bits per heavy atom. The zero-order chi connectivity index (χ0) is 18.4. The topological polar surface area (TPSA) is 94.9 Å². The summed E-state index contributed by atoms with van der Waals surface area (Å²) in [6.07, 6.45) is 12.2. The van der Waals surface area contributed by atoms with Crippen molar-refractivity contribution in [1.29, 1.82) is 0 Å². The first-order valence-electron chi connectivity index (χ1n) is 9.66. The van der Waals surface area contributed by atoms with Gasteiger partial charge in [-0.1, -0.05) is 50.1 Å². The predicted molar refractivity (Wildman–Crippen MR) is 100 cm³/mol. The molecule has 1 aliphatic rings. The fourth-order valence-electron chi connectivity index (χ4n) is 3.84. The number of nitrogens with zero attached hydrogens (tertiary/aromatic N) is 3. The van der Waals surface area contributed by atoms with Gasteiger partial charge in [0.1, 0.15) is 11.6 Å². The summed E-state index contributed by atoms with van der Waals surface area (Å²) in [6, 6.07) is 3.53. The Morgan fingerprint density at radius 3 is 2.81 bits per heavy atom. The van der Waals surface area contributed by atoms with E-state index in [1.807, 2.05) is 6.07 Å². The number of nitrogens with two attached hydrogens (primary N) is 1. The lowest BCUT2D eigenvalue weighted by Crippen LogP contribution is -2.09. The predicted octanol–water partition coefficient (Wildman–Crippen LogP) is 4.53. The van der Waals surface area contributed by atoms with Crippen molar-refractivity contribution in [2.45, 2.75) is 70.6 Å². The van der Waals surface area contributed by atoms with Crippen LogP contribution in [0.3, 0.4) is 0 Å². The molecule has 0 bridgehead atoms. The van der Waals surface area contributed by atoms with Crippen molar-refractivity contribution < 1.29 is 9.32 Å². The van der Waals surface area contributed by atoms with Crippen LogP contribution in [-0.2, 0) is 4.79 Å². The second kappa shape index (κ2) is 8.92. The van der Waals surface area contributed by atoms with Crippen molar-refractivity contribution in [3.8, 4) is 11.4 Å². The number of anilines is 1. The van der Waals surface area contributed by atoms with Gasteiger partial charge in [-0.15, -0.1) is 0 Å². The quantitative estimate of drug-likeness (QED) is 0.747. The third-order valence-corrected chi connectivity index (χ3v) is 5.26. The Hall–Kier alpha value is -2.24. The van der Waals surface area contributed by atoms with Crippen LogP contribution in [0.4, 0.5) is 5.82 Å². The lowest BCUT2D eigenvalue weighted by Gasteiger charge is -2.22. The van der Waals surface area contributed by atoms with E-state index in [0.717, 1.165) is 24.3 Å². The van der Waals surface area contributed by atoms with E-state index in [9.17, 15) is 4.79 Å². The Bertz CT molecular complexity index is 705. The molecule has 0 aliphatic heterocycles. The maximum absolute atomic E-state index is 11.7. The smallest absolute Gasteiger partial charge is 0.230 e. The molecule has 1 fully saturated rings. The summed E-state index contributed by atoms with van der Waals surface area (Å²) in [6.45, 7) is 1.62. The molecule has 0 aromatic carbocycles. The van der Waals surface area contributed by atoms with Crippen molar-refractivity contribution in [3.63, 3.8) is 0 Å². The first-order valence-corrected chi connectivity index (χ1v) is 9.66. The molecule has 26 heavy (non-hydrogen) atoms. The zero-order valence-electron chi connectivity index (χ0n) is 15.5. The molecule has 2 aromatic rings. The molecule has 0 unspecified atom stereocenters. The number of nitrogen functional groups attached to an aromatic ring is 1. The molecule has 1 atom stereocenters. The Morgan fingerprint density at radius 1 is 1.31 bits per heavy atom. The van der Waals surface area contributed by atoms with Crippen molar-refractivity contribution in [3.05, 3.63) is 24.2 Å². The van der Waals surface area contributed by atoms with E-state index < -0.39 is 0 Å². The lowest BCUT2D eigenvalue weighted by atomic mass is 9.84. The second-order valence-electron chi connectivity index (χ2n) is 7.47. The summed E-state index contributed by atoms with van der Waals surface area (Å²) in [5.74, 6) is 2.50. The van der Waals surface area contributed by atoms with E-state index in [2.05, 4.69) is 15.1 Å². The number of aromatic nitrogens is 3. The van der Waals surface area contributed by atoms with Crippen LogP contribution in [0.5, 0.6) is 0 Å². The molecule has 0 radical (unpaired) electrons. The highest BCUT2D eigenvalue weighted by Crippen LogP contribution is 2.31. The number of rotatable bonds is 8. The molecule has 0 saturated heterocycles. The highest BCUT2D eigenvalue weighted by atomic mass is 16.5. The van der Waals surface area contributed by atoms with Gasteiger partial charge >= 0.3 is 0 Å². The maximum Gasteiger partial charge on any atom is 0.230 e. The van der Waals surface area contributed by atoms with Crippen LogP contribution in [-0.4, -0.2) is 20.9 Å². The number of hydrogen-bond acceptors (Lipinski definition) is 6. The van der Waals surface area contributed by atoms with Gasteiger partial charge in [0.25, 0.3) is 0 Å². The molecule has 0 spiro atoms. The summed E-state index contributed by atoms with van der Waals surface area (Å²) in [5, 5.41) is 4.06. The minimum atomic E-state index is -0.000851. The van der Waals surface area contributed by atoms with Crippen LogP contribution < -0.4 is 5.73 Å². The van der Waals surface area contributed by atoms with Crippen LogP contribution in [0.1, 0.15) is 76.5 Å². The van der Waals surface area contributed by atoms with Gasteiger partial charge in [0.05, 0.1) is 0 Å². The summed E-state index contributed by atoms with van der Waals surface area (Å²) in [5.41, 5.74) is 6.38. The van der Waals surface area contributed by atoms with Gasteiger partial charge in [0.2, 0.25) is 11.7 Å². The summed E-state index contributed by atoms with van der Waals surface area (Å²) >= 11 is 0. The van der Waals surface area contributed by atoms with E-state index in [1.165, 1.54) is 38.5 Å². The summed E-state index contributed by atoms with van der Waals surface area (Å²) in [7, 11) is 0. The van der Waals surface area contributed by atoms with Crippen LogP contribution in [0.15, 0.2) is 22.9 Å². The monoisotopic (exact) mass is 356 g/mol. The zero-order valence-corrected chi connectivity index (χ0v) is 15.5. The van der Waals surface area contributed by atoms with Gasteiger partial charge in [-0.2, -0.15) is 4.98 Å². The fraction of sp³-hybridized carbons (Fsp3) is 0.600. The molecule has 2 aromatic heterocycles. The average Bonchev–Trinajstić information content (AvgIpc) is 3.12. The molecule has 140 valence electrons. The van der Waals surface area contributed by atoms with E-state index in [1.54, 1.807) is 19.2 Å². The van der Waals surface area contributed by atoms with Crippen LogP contribution in [0, 0.1) is 5.92 Å². The van der Waals surface area contributed by atoms with E-state index in [-0.39, 0.29) is 11.7 Å². The standard InChI is InChI=1S/C20H28N4O2/c1-14(25)12-16(9-5-8-15-6-3-2-4-7-15)20-23-19(24-26-20)17-10-11-18(21)22-13-17/h10-11,13,15-16H,2-9,12H2,1H3,(H2,21,22)/t16-/m1/s1.